The summed E-state index contributed by atoms with van der Waals surface area (Å²) < 4.78 is 0. The van der Waals surface area contributed by atoms with Crippen molar-refractivity contribution in [3.63, 3.8) is 0 Å². The van der Waals surface area contributed by atoms with Gasteiger partial charge in [-0.2, -0.15) is 0 Å². The number of thiophene rings is 1. The second kappa shape index (κ2) is 2.62. The standard InChI is InChI=1S/C9H9NS/c1-2-7-3-5-10-9-8(7)4-6-11-9/h3-6H,2H2,1H3. The zero-order valence-electron chi connectivity index (χ0n) is 6.37. The van der Waals surface area contributed by atoms with Crippen LogP contribution in [-0.2, 0) is 6.42 Å². The normalized spacial score (nSPS) is 10.6. The molecular formula is C9H9NS. The molecule has 0 aliphatic rings. The highest BCUT2D eigenvalue weighted by atomic mass is 32.1. The third-order valence-corrected chi connectivity index (χ3v) is 2.66. The molecular weight excluding hydrogens is 154 g/mol. The van der Waals surface area contributed by atoms with Gasteiger partial charge in [-0.25, -0.2) is 4.98 Å². The Balaban J connectivity index is 2.79. The number of pyridine rings is 1. The van der Waals surface area contributed by atoms with Crippen LogP contribution in [0.5, 0.6) is 0 Å². The minimum absolute atomic E-state index is 1.09. The van der Waals surface area contributed by atoms with E-state index in [0.29, 0.717) is 0 Å². The third kappa shape index (κ3) is 1.03. The maximum Gasteiger partial charge on any atom is 0.123 e. The molecule has 0 fully saturated rings. The second-order valence-electron chi connectivity index (χ2n) is 2.46. The predicted molar refractivity (Wildman–Crippen MR) is 49.0 cm³/mol. The van der Waals surface area contributed by atoms with Crippen molar-refractivity contribution in [2.45, 2.75) is 13.3 Å². The van der Waals surface area contributed by atoms with E-state index in [9.17, 15) is 0 Å². The van der Waals surface area contributed by atoms with Gasteiger partial charge in [-0.3, -0.25) is 0 Å². The molecule has 2 aromatic heterocycles. The minimum atomic E-state index is 1.09. The van der Waals surface area contributed by atoms with E-state index in [1.807, 2.05) is 6.20 Å². The Kier molecular flexibility index (Phi) is 1.62. The smallest absolute Gasteiger partial charge is 0.123 e. The van der Waals surface area contributed by atoms with E-state index in [1.165, 1.54) is 10.9 Å². The van der Waals surface area contributed by atoms with Crippen LogP contribution in [0.3, 0.4) is 0 Å². The number of hydrogen-bond donors (Lipinski definition) is 0. The molecule has 11 heavy (non-hydrogen) atoms. The van der Waals surface area contributed by atoms with Crippen molar-refractivity contribution >= 4 is 21.6 Å². The third-order valence-electron chi connectivity index (χ3n) is 1.84. The second-order valence-corrected chi connectivity index (χ2v) is 3.36. The molecule has 56 valence electrons. The van der Waals surface area contributed by atoms with Gasteiger partial charge in [0.15, 0.2) is 0 Å². The van der Waals surface area contributed by atoms with Crippen molar-refractivity contribution in [2.75, 3.05) is 0 Å². The van der Waals surface area contributed by atoms with Crippen LogP contribution in [0.1, 0.15) is 12.5 Å². The molecule has 0 aromatic carbocycles. The molecule has 0 saturated heterocycles. The summed E-state index contributed by atoms with van der Waals surface area (Å²) in [6.45, 7) is 2.17. The van der Waals surface area contributed by atoms with Crippen molar-refractivity contribution < 1.29 is 0 Å². The largest absolute Gasteiger partial charge is 0.245 e. The van der Waals surface area contributed by atoms with Gasteiger partial charge in [0, 0.05) is 11.6 Å². The molecule has 0 radical (unpaired) electrons. The van der Waals surface area contributed by atoms with Gasteiger partial charge in [-0.05, 0) is 29.5 Å². The molecule has 0 spiro atoms. The Bertz CT molecular complexity index is 364. The lowest BCUT2D eigenvalue weighted by Crippen LogP contribution is -1.80. The van der Waals surface area contributed by atoms with Crippen LogP contribution < -0.4 is 0 Å². The van der Waals surface area contributed by atoms with Crippen LogP contribution in [-0.4, -0.2) is 4.98 Å². The zero-order valence-corrected chi connectivity index (χ0v) is 7.19. The highest BCUT2D eigenvalue weighted by molar-refractivity contribution is 7.16. The zero-order chi connectivity index (χ0) is 7.68. The monoisotopic (exact) mass is 163 g/mol. The van der Waals surface area contributed by atoms with Gasteiger partial charge in [0.2, 0.25) is 0 Å². The quantitative estimate of drug-likeness (QED) is 0.630. The van der Waals surface area contributed by atoms with Crippen molar-refractivity contribution in [1.29, 1.82) is 0 Å². The van der Waals surface area contributed by atoms with Gasteiger partial charge in [-0.1, -0.05) is 6.92 Å². The van der Waals surface area contributed by atoms with Gasteiger partial charge >= 0.3 is 0 Å². The van der Waals surface area contributed by atoms with Crippen LogP contribution in [0.15, 0.2) is 23.7 Å². The summed E-state index contributed by atoms with van der Waals surface area (Å²) in [6.07, 6.45) is 2.98. The number of aromatic nitrogens is 1. The minimum Gasteiger partial charge on any atom is -0.245 e. The first-order valence-corrected chi connectivity index (χ1v) is 4.61. The van der Waals surface area contributed by atoms with E-state index < -0.39 is 0 Å². The highest BCUT2D eigenvalue weighted by Crippen LogP contribution is 2.21. The summed E-state index contributed by atoms with van der Waals surface area (Å²) >= 11 is 1.71. The molecule has 0 unspecified atom stereocenters. The maximum absolute atomic E-state index is 4.27. The Hall–Kier alpha value is -0.890. The Labute approximate surface area is 69.7 Å². The summed E-state index contributed by atoms with van der Waals surface area (Å²) in [6, 6.07) is 4.24. The summed E-state index contributed by atoms with van der Waals surface area (Å²) in [4.78, 5) is 5.43. The van der Waals surface area contributed by atoms with Crippen molar-refractivity contribution in [3.8, 4) is 0 Å². The molecule has 0 saturated carbocycles. The fourth-order valence-corrected chi connectivity index (χ4v) is 2.02. The van der Waals surface area contributed by atoms with Crippen LogP contribution in [0.25, 0.3) is 10.2 Å². The van der Waals surface area contributed by atoms with Crippen molar-refractivity contribution in [2.24, 2.45) is 0 Å². The van der Waals surface area contributed by atoms with Crippen LogP contribution in [0, 0.1) is 0 Å². The average molecular weight is 163 g/mol. The lowest BCUT2D eigenvalue weighted by Gasteiger charge is -1.95. The molecule has 2 rings (SSSR count). The fraction of sp³-hybridized carbons (Fsp3) is 0.222. The molecule has 2 aromatic rings. The topological polar surface area (TPSA) is 12.9 Å². The Morgan fingerprint density at radius 1 is 1.45 bits per heavy atom. The molecule has 2 heterocycles. The molecule has 2 heteroatoms. The van der Waals surface area contributed by atoms with Gasteiger partial charge in [0.1, 0.15) is 4.83 Å². The van der Waals surface area contributed by atoms with Gasteiger partial charge in [-0.15, -0.1) is 11.3 Å². The number of aryl methyl sites for hydroxylation is 1. The molecule has 0 atom stereocenters. The average Bonchev–Trinajstić information content (AvgIpc) is 2.50. The highest BCUT2D eigenvalue weighted by Gasteiger charge is 1.98. The number of nitrogens with zero attached hydrogens (tertiary/aromatic N) is 1. The number of hydrogen-bond acceptors (Lipinski definition) is 2. The van der Waals surface area contributed by atoms with Crippen LogP contribution in [0.4, 0.5) is 0 Å². The van der Waals surface area contributed by atoms with Crippen LogP contribution >= 0.6 is 11.3 Å². The van der Waals surface area contributed by atoms with E-state index in [1.54, 1.807) is 11.3 Å². The lowest BCUT2D eigenvalue weighted by molar-refractivity contribution is 1.15. The van der Waals surface area contributed by atoms with E-state index >= 15 is 0 Å². The summed E-state index contributed by atoms with van der Waals surface area (Å²) in [5.74, 6) is 0. The lowest BCUT2D eigenvalue weighted by atomic mass is 10.1. The molecule has 0 bridgehead atoms. The molecule has 1 nitrogen and oxygen atoms in total. The predicted octanol–water partition coefficient (Wildman–Crippen LogP) is 2.86. The summed E-state index contributed by atoms with van der Waals surface area (Å²) in [7, 11) is 0. The first-order valence-electron chi connectivity index (χ1n) is 3.73. The Morgan fingerprint density at radius 3 is 3.18 bits per heavy atom. The first-order chi connectivity index (χ1) is 5.42. The SMILES string of the molecule is CCc1ccnc2sccc12. The van der Waals surface area contributed by atoms with Crippen molar-refractivity contribution in [1.82, 2.24) is 4.98 Å². The maximum atomic E-state index is 4.27. The van der Waals surface area contributed by atoms with Gasteiger partial charge in [0.25, 0.3) is 0 Å². The first kappa shape index (κ1) is 6.80. The Morgan fingerprint density at radius 2 is 2.36 bits per heavy atom. The summed E-state index contributed by atoms with van der Waals surface area (Å²) in [5, 5.41) is 3.41. The fourth-order valence-electron chi connectivity index (χ4n) is 1.24. The van der Waals surface area contributed by atoms with Gasteiger partial charge < -0.3 is 0 Å². The van der Waals surface area contributed by atoms with E-state index in [-0.39, 0.29) is 0 Å². The molecule has 0 amide bonds. The van der Waals surface area contributed by atoms with E-state index in [2.05, 4.69) is 29.4 Å². The number of rotatable bonds is 1. The molecule has 0 aliphatic carbocycles. The van der Waals surface area contributed by atoms with Crippen LogP contribution in [0.2, 0.25) is 0 Å². The molecule has 0 aliphatic heterocycles. The molecule has 0 N–H and O–H groups in total. The number of fused-ring (bicyclic) bond motifs is 1. The van der Waals surface area contributed by atoms with E-state index in [0.717, 1.165) is 11.3 Å². The van der Waals surface area contributed by atoms with Crippen molar-refractivity contribution in [3.05, 3.63) is 29.3 Å². The summed E-state index contributed by atoms with van der Waals surface area (Å²) in [5.41, 5.74) is 1.40. The van der Waals surface area contributed by atoms with E-state index in [4.69, 9.17) is 0 Å². The van der Waals surface area contributed by atoms with Gasteiger partial charge in [0.05, 0.1) is 0 Å².